The van der Waals surface area contributed by atoms with Crippen LogP contribution in [0.25, 0.3) is 0 Å². The van der Waals surface area contributed by atoms with E-state index in [0.29, 0.717) is 30.4 Å². The Labute approximate surface area is 149 Å². The maximum atomic E-state index is 12.8. The standard InChI is InChI=1S/C17H26N4O3S/c1-3-21(15-6-8-25(23,24)12-15)16(22)14-9-18-17(19-10-14)20-7-4-5-13(2)11-20/h9-10,13,15H,3-8,11-12H2,1-2H3. The summed E-state index contributed by atoms with van der Waals surface area (Å²) in [4.78, 5) is 25.3. The molecule has 25 heavy (non-hydrogen) atoms. The molecule has 2 unspecified atom stereocenters. The van der Waals surface area contributed by atoms with Crippen molar-refractivity contribution in [2.24, 2.45) is 5.92 Å². The Morgan fingerprint density at radius 3 is 2.60 bits per heavy atom. The van der Waals surface area contributed by atoms with Crippen molar-refractivity contribution >= 4 is 21.7 Å². The minimum Gasteiger partial charge on any atom is -0.341 e. The Morgan fingerprint density at radius 2 is 2.04 bits per heavy atom. The van der Waals surface area contributed by atoms with Crippen LogP contribution in [-0.2, 0) is 9.84 Å². The molecule has 1 amide bonds. The predicted molar refractivity (Wildman–Crippen MR) is 96.4 cm³/mol. The monoisotopic (exact) mass is 366 g/mol. The third-order valence-corrected chi connectivity index (χ3v) is 6.83. The zero-order chi connectivity index (χ0) is 18.0. The topological polar surface area (TPSA) is 83.5 Å². The minimum absolute atomic E-state index is 0.0528. The molecule has 3 rings (SSSR count). The molecule has 2 aliphatic rings. The molecule has 138 valence electrons. The van der Waals surface area contributed by atoms with Gasteiger partial charge in [0.25, 0.3) is 5.91 Å². The summed E-state index contributed by atoms with van der Waals surface area (Å²) in [6.45, 7) is 6.45. The average molecular weight is 366 g/mol. The first kappa shape index (κ1) is 18.1. The Hall–Kier alpha value is -1.70. The van der Waals surface area contributed by atoms with Crippen LogP contribution in [0.3, 0.4) is 0 Å². The van der Waals surface area contributed by atoms with Gasteiger partial charge in [0.1, 0.15) is 0 Å². The molecular weight excluding hydrogens is 340 g/mol. The summed E-state index contributed by atoms with van der Waals surface area (Å²) < 4.78 is 23.4. The van der Waals surface area contributed by atoms with Crippen LogP contribution in [0.5, 0.6) is 0 Å². The summed E-state index contributed by atoms with van der Waals surface area (Å²) in [5.74, 6) is 1.30. The van der Waals surface area contributed by atoms with Crippen LogP contribution in [0.1, 0.15) is 43.5 Å². The Bertz CT molecular complexity index is 720. The van der Waals surface area contributed by atoms with Gasteiger partial charge in [-0.3, -0.25) is 4.79 Å². The van der Waals surface area contributed by atoms with E-state index in [2.05, 4.69) is 21.8 Å². The lowest BCUT2D eigenvalue weighted by molar-refractivity contribution is 0.0707. The lowest BCUT2D eigenvalue weighted by Gasteiger charge is -2.31. The number of carbonyl (C=O) groups excluding carboxylic acids is 1. The molecule has 3 heterocycles. The molecule has 0 bridgehead atoms. The fraction of sp³-hybridized carbons (Fsp3) is 0.706. The average Bonchev–Trinajstić information content (AvgIpc) is 2.95. The van der Waals surface area contributed by atoms with E-state index < -0.39 is 9.84 Å². The quantitative estimate of drug-likeness (QED) is 0.800. The maximum absolute atomic E-state index is 12.8. The number of piperidine rings is 1. The highest BCUT2D eigenvalue weighted by atomic mass is 32.2. The van der Waals surface area contributed by atoms with Crippen molar-refractivity contribution in [1.29, 1.82) is 0 Å². The largest absolute Gasteiger partial charge is 0.341 e. The summed E-state index contributed by atoms with van der Waals surface area (Å²) in [5.41, 5.74) is 0.417. The first-order valence-corrected chi connectivity index (χ1v) is 10.8. The van der Waals surface area contributed by atoms with E-state index in [0.717, 1.165) is 19.5 Å². The van der Waals surface area contributed by atoms with Gasteiger partial charge in [-0.25, -0.2) is 18.4 Å². The molecule has 0 saturated carbocycles. The second-order valence-corrected chi connectivity index (χ2v) is 9.34. The van der Waals surface area contributed by atoms with Crippen molar-refractivity contribution in [1.82, 2.24) is 14.9 Å². The van der Waals surface area contributed by atoms with E-state index in [1.165, 1.54) is 6.42 Å². The SMILES string of the molecule is CCN(C(=O)c1cnc(N2CCCC(C)C2)nc1)C1CCS(=O)(=O)C1. The maximum Gasteiger partial charge on any atom is 0.257 e. The van der Waals surface area contributed by atoms with Gasteiger partial charge in [0.15, 0.2) is 9.84 Å². The second kappa shape index (κ2) is 7.27. The number of hydrogen-bond acceptors (Lipinski definition) is 6. The van der Waals surface area contributed by atoms with Crippen molar-refractivity contribution in [3.63, 3.8) is 0 Å². The van der Waals surface area contributed by atoms with Crippen molar-refractivity contribution in [2.75, 3.05) is 36.0 Å². The van der Waals surface area contributed by atoms with Gasteiger partial charge in [-0.2, -0.15) is 0 Å². The number of amides is 1. The molecule has 0 N–H and O–H groups in total. The highest BCUT2D eigenvalue weighted by Crippen LogP contribution is 2.21. The van der Waals surface area contributed by atoms with Crippen LogP contribution < -0.4 is 4.90 Å². The highest BCUT2D eigenvalue weighted by molar-refractivity contribution is 7.91. The summed E-state index contributed by atoms with van der Waals surface area (Å²) >= 11 is 0. The molecule has 1 aromatic heterocycles. The van der Waals surface area contributed by atoms with Gasteiger partial charge in [-0.05, 0) is 32.1 Å². The van der Waals surface area contributed by atoms with Crippen LogP contribution in [-0.4, -0.2) is 66.4 Å². The minimum atomic E-state index is -3.02. The highest BCUT2D eigenvalue weighted by Gasteiger charge is 2.34. The number of sulfone groups is 1. The Kier molecular flexibility index (Phi) is 5.27. The zero-order valence-corrected chi connectivity index (χ0v) is 15.7. The van der Waals surface area contributed by atoms with Gasteiger partial charge in [-0.1, -0.05) is 6.92 Å². The molecule has 0 spiro atoms. The van der Waals surface area contributed by atoms with Crippen molar-refractivity contribution in [2.45, 2.75) is 39.2 Å². The number of carbonyl (C=O) groups is 1. The first-order valence-electron chi connectivity index (χ1n) is 8.98. The number of aromatic nitrogens is 2. The lowest BCUT2D eigenvalue weighted by atomic mass is 10.0. The zero-order valence-electron chi connectivity index (χ0n) is 14.9. The van der Waals surface area contributed by atoms with E-state index in [4.69, 9.17) is 0 Å². The van der Waals surface area contributed by atoms with E-state index in [1.807, 2.05) is 6.92 Å². The normalized spacial score (nSPS) is 25.8. The number of hydrogen-bond donors (Lipinski definition) is 0. The molecule has 2 saturated heterocycles. The molecule has 2 atom stereocenters. The molecule has 1 aromatic rings. The molecule has 0 aromatic carbocycles. The van der Waals surface area contributed by atoms with Gasteiger partial charge in [-0.15, -0.1) is 0 Å². The van der Waals surface area contributed by atoms with Gasteiger partial charge in [0, 0.05) is 38.1 Å². The summed E-state index contributed by atoms with van der Waals surface area (Å²) in [5, 5.41) is 0. The molecular formula is C17H26N4O3S. The smallest absolute Gasteiger partial charge is 0.257 e. The van der Waals surface area contributed by atoms with Gasteiger partial charge in [0.05, 0.1) is 17.1 Å². The summed E-state index contributed by atoms with van der Waals surface area (Å²) in [6.07, 6.45) is 5.99. The number of nitrogens with zero attached hydrogens (tertiary/aromatic N) is 4. The van der Waals surface area contributed by atoms with Crippen LogP contribution in [0.2, 0.25) is 0 Å². The summed E-state index contributed by atoms with van der Waals surface area (Å²) in [6, 6.07) is -0.245. The van der Waals surface area contributed by atoms with Crippen LogP contribution >= 0.6 is 0 Å². The molecule has 0 radical (unpaired) electrons. The first-order chi connectivity index (χ1) is 11.9. The van der Waals surface area contributed by atoms with Crippen LogP contribution in [0.15, 0.2) is 12.4 Å². The third kappa shape index (κ3) is 4.11. The Morgan fingerprint density at radius 1 is 1.32 bits per heavy atom. The molecule has 7 nitrogen and oxygen atoms in total. The number of anilines is 1. The van der Waals surface area contributed by atoms with E-state index in [-0.39, 0.29) is 23.5 Å². The van der Waals surface area contributed by atoms with Crippen molar-refractivity contribution in [3.8, 4) is 0 Å². The van der Waals surface area contributed by atoms with E-state index in [1.54, 1.807) is 17.3 Å². The fourth-order valence-electron chi connectivity index (χ4n) is 3.72. The summed E-state index contributed by atoms with van der Waals surface area (Å²) in [7, 11) is -3.02. The molecule has 2 aliphatic heterocycles. The van der Waals surface area contributed by atoms with E-state index >= 15 is 0 Å². The Balaban J connectivity index is 1.71. The van der Waals surface area contributed by atoms with E-state index in [9.17, 15) is 13.2 Å². The van der Waals surface area contributed by atoms with Gasteiger partial charge < -0.3 is 9.80 Å². The van der Waals surface area contributed by atoms with Crippen molar-refractivity contribution in [3.05, 3.63) is 18.0 Å². The van der Waals surface area contributed by atoms with Crippen LogP contribution in [0, 0.1) is 5.92 Å². The second-order valence-electron chi connectivity index (χ2n) is 7.11. The predicted octanol–water partition coefficient (Wildman–Crippen LogP) is 1.36. The molecule has 8 heteroatoms. The fourth-order valence-corrected chi connectivity index (χ4v) is 5.45. The lowest BCUT2D eigenvalue weighted by Crippen LogP contribution is -2.41. The van der Waals surface area contributed by atoms with Crippen LogP contribution in [0.4, 0.5) is 5.95 Å². The third-order valence-electron chi connectivity index (χ3n) is 5.08. The number of rotatable bonds is 4. The van der Waals surface area contributed by atoms with Crippen molar-refractivity contribution < 1.29 is 13.2 Å². The van der Waals surface area contributed by atoms with Gasteiger partial charge in [0.2, 0.25) is 5.95 Å². The van der Waals surface area contributed by atoms with Gasteiger partial charge >= 0.3 is 0 Å². The molecule has 0 aliphatic carbocycles. The molecule has 2 fully saturated rings.